The van der Waals surface area contributed by atoms with Crippen molar-refractivity contribution in [3.05, 3.63) is 99.4 Å². The first-order valence-electron chi connectivity index (χ1n) is 19.1. The van der Waals surface area contributed by atoms with E-state index < -0.39 is 29.7 Å². The smallest absolute Gasteiger partial charge is 0.262 e. The molecule has 3 aromatic carbocycles. The Morgan fingerprint density at radius 2 is 1.49 bits per heavy atom. The molecule has 5 amide bonds. The maximum atomic E-state index is 13.5. The Balaban J connectivity index is 0.846. The zero-order chi connectivity index (χ0) is 39.0. The van der Waals surface area contributed by atoms with Gasteiger partial charge in [-0.25, -0.2) is 4.85 Å². The Bertz CT molecular complexity index is 2120. The molecule has 1 atom stereocenters. The van der Waals surface area contributed by atoms with Crippen LogP contribution in [0, 0.1) is 24.3 Å². The Morgan fingerprint density at radius 3 is 2.05 bits per heavy atom. The molecule has 2 saturated heterocycles. The minimum Gasteiger partial charge on any atom is -0.489 e. The molecule has 0 radical (unpaired) electrons. The Morgan fingerprint density at radius 1 is 0.873 bits per heavy atom. The van der Waals surface area contributed by atoms with Gasteiger partial charge in [-0.1, -0.05) is 33.8 Å². The van der Waals surface area contributed by atoms with E-state index in [-0.39, 0.29) is 41.7 Å². The first-order valence-corrected chi connectivity index (χ1v) is 19.1. The van der Waals surface area contributed by atoms with Crippen LogP contribution in [0.4, 0.5) is 11.4 Å². The molecule has 1 saturated carbocycles. The van der Waals surface area contributed by atoms with Gasteiger partial charge in [0, 0.05) is 66.8 Å². The lowest BCUT2D eigenvalue weighted by Gasteiger charge is -2.63. The summed E-state index contributed by atoms with van der Waals surface area (Å²) in [5.41, 5.74) is 5.25. The van der Waals surface area contributed by atoms with Gasteiger partial charge >= 0.3 is 0 Å². The highest BCUT2D eigenvalue weighted by Crippen LogP contribution is 2.55. The van der Waals surface area contributed by atoms with Crippen molar-refractivity contribution >= 4 is 40.9 Å². The predicted octanol–water partition coefficient (Wildman–Crippen LogP) is 5.54. The number of rotatable bonds is 7. The number of carbonyl (C=O) groups excluding carboxylic acids is 5. The molecule has 12 heteroatoms. The summed E-state index contributed by atoms with van der Waals surface area (Å²) in [7, 11) is 0. The van der Waals surface area contributed by atoms with Gasteiger partial charge in [-0.15, -0.1) is 0 Å². The monoisotopic (exact) mass is 742 g/mol. The van der Waals surface area contributed by atoms with Crippen LogP contribution in [0.25, 0.3) is 4.85 Å². The van der Waals surface area contributed by atoms with Crippen LogP contribution in [0.5, 0.6) is 5.75 Å². The fraction of sp³-hybridized carbons (Fsp3) is 0.442. The number of amides is 5. The third-order valence-electron chi connectivity index (χ3n) is 12.6. The van der Waals surface area contributed by atoms with Gasteiger partial charge in [0.2, 0.25) is 11.8 Å². The van der Waals surface area contributed by atoms with Crippen LogP contribution in [-0.2, 0) is 22.7 Å². The van der Waals surface area contributed by atoms with Crippen molar-refractivity contribution in [3.8, 4) is 5.75 Å². The summed E-state index contributed by atoms with van der Waals surface area (Å²) < 4.78 is 6.46. The summed E-state index contributed by atoms with van der Waals surface area (Å²) in [5.74, 6) is -1.33. The van der Waals surface area contributed by atoms with Crippen LogP contribution in [0.3, 0.4) is 0 Å². The van der Waals surface area contributed by atoms with E-state index in [1.54, 1.807) is 6.07 Å². The molecule has 0 aromatic heterocycles. The molecule has 1 aliphatic carbocycles. The molecule has 284 valence electrons. The molecule has 4 aliphatic heterocycles. The number of nitrogens with zero attached hydrogens (tertiary/aromatic N) is 4. The first kappa shape index (κ1) is 36.4. The minimum absolute atomic E-state index is 0.0930. The van der Waals surface area contributed by atoms with Crippen LogP contribution in [0.15, 0.2) is 54.6 Å². The molecule has 1 unspecified atom stereocenters. The normalized spacial score (nSPS) is 24.5. The third kappa shape index (κ3) is 6.15. The second-order valence-electron chi connectivity index (χ2n) is 16.9. The van der Waals surface area contributed by atoms with Crippen molar-refractivity contribution in [1.29, 1.82) is 0 Å². The van der Waals surface area contributed by atoms with Crippen LogP contribution in [0.1, 0.15) is 101 Å². The van der Waals surface area contributed by atoms with Crippen molar-refractivity contribution in [2.75, 3.05) is 18.0 Å². The number of hydrogen-bond donors (Lipinski definition) is 2. The lowest BCUT2D eigenvalue weighted by molar-refractivity contribution is -0.164. The molecule has 55 heavy (non-hydrogen) atoms. The van der Waals surface area contributed by atoms with Gasteiger partial charge in [0.25, 0.3) is 17.7 Å². The van der Waals surface area contributed by atoms with E-state index >= 15 is 0 Å². The van der Waals surface area contributed by atoms with Gasteiger partial charge < -0.3 is 15.0 Å². The molecule has 0 bridgehead atoms. The maximum absolute atomic E-state index is 13.5. The summed E-state index contributed by atoms with van der Waals surface area (Å²) in [6.45, 7) is 20.8. The lowest BCUT2D eigenvalue weighted by Crippen LogP contribution is -2.74. The van der Waals surface area contributed by atoms with Crippen molar-refractivity contribution in [2.45, 2.75) is 97.6 Å². The van der Waals surface area contributed by atoms with Crippen LogP contribution < -0.4 is 20.3 Å². The summed E-state index contributed by atoms with van der Waals surface area (Å²) in [6.07, 6.45) is 2.01. The molecule has 8 rings (SSSR count). The van der Waals surface area contributed by atoms with Gasteiger partial charge in [0.1, 0.15) is 17.9 Å². The highest BCUT2D eigenvalue weighted by Gasteiger charge is 2.64. The molecule has 3 fully saturated rings. The van der Waals surface area contributed by atoms with Gasteiger partial charge in [0.05, 0.1) is 17.7 Å². The van der Waals surface area contributed by atoms with Crippen molar-refractivity contribution < 1.29 is 28.7 Å². The van der Waals surface area contributed by atoms with Crippen LogP contribution >= 0.6 is 0 Å². The molecule has 5 aliphatic rings. The molecular weight excluding hydrogens is 697 g/mol. The molecule has 12 nitrogen and oxygen atoms in total. The van der Waals surface area contributed by atoms with Gasteiger partial charge in [-0.2, -0.15) is 0 Å². The topological polar surface area (TPSA) is 133 Å². The fourth-order valence-electron chi connectivity index (χ4n) is 9.94. The van der Waals surface area contributed by atoms with Gasteiger partial charge in [-0.05, 0) is 91.4 Å². The molecule has 0 spiro atoms. The standard InChI is InChI=1S/C43H46N6O6/c1-24-19-30(11-12-33(24)44-6)55-41-42(2,3)40(43(41,4)5)46-36(51)25-7-9-28(10-8-25)47-17-15-29(16-18-47)48-22-26-20-31-32(21-27(26)23-48)39(54)49(38(31)53)34-13-14-35(50)45-37(34)52/h7-12,19-21,29,34,40-41H,13-18,22-23H2,1-5H3,(H,46,51)(H,45,50,52). The number of carbonyl (C=O) groups is 5. The van der Waals surface area contributed by atoms with E-state index in [2.05, 4.69) is 53.0 Å². The largest absolute Gasteiger partial charge is 0.489 e. The molecule has 2 N–H and O–H groups in total. The maximum Gasteiger partial charge on any atom is 0.262 e. The Kier molecular flexibility index (Phi) is 8.84. The van der Waals surface area contributed by atoms with E-state index in [0.29, 0.717) is 41.5 Å². The second kappa shape index (κ2) is 13.3. The van der Waals surface area contributed by atoms with Crippen molar-refractivity contribution in [2.24, 2.45) is 10.8 Å². The summed E-state index contributed by atoms with van der Waals surface area (Å²) >= 11 is 0. The fourth-order valence-corrected chi connectivity index (χ4v) is 9.94. The van der Waals surface area contributed by atoms with E-state index in [9.17, 15) is 24.0 Å². The number of ether oxygens (including phenoxy) is 1. The predicted molar refractivity (Wildman–Crippen MR) is 205 cm³/mol. The Labute approximate surface area is 321 Å². The number of nitrogens with one attached hydrogen (secondary N) is 2. The molecule has 4 heterocycles. The summed E-state index contributed by atoms with van der Waals surface area (Å²) in [6, 6.07) is 16.3. The number of hydrogen-bond acceptors (Lipinski definition) is 8. The van der Waals surface area contributed by atoms with Gasteiger partial charge in [0.15, 0.2) is 5.69 Å². The summed E-state index contributed by atoms with van der Waals surface area (Å²) in [5, 5.41) is 5.54. The average molecular weight is 743 g/mol. The van der Waals surface area contributed by atoms with E-state index in [4.69, 9.17) is 11.3 Å². The lowest BCUT2D eigenvalue weighted by atomic mass is 9.49. The van der Waals surface area contributed by atoms with E-state index in [1.165, 1.54) is 0 Å². The number of aryl methyl sites for hydroxylation is 1. The number of benzene rings is 3. The quantitative estimate of drug-likeness (QED) is 0.238. The zero-order valence-electron chi connectivity index (χ0n) is 31.9. The van der Waals surface area contributed by atoms with E-state index in [0.717, 1.165) is 59.0 Å². The highest BCUT2D eigenvalue weighted by atomic mass is 16.5. The van der Waals surface area contributed by atoms with E-state index in [1.807, 2.05) is 55.5 Å². The van der Waals surface area contributed by atoms with Crippen molar-refractivity contribution in [1.82, 2.24) is 20.4 Å². The minimum atomic E-state index is -0.969. The van der Waals surface area contributed by atoms with Gasteiger partial charge in [-0.3, -0.25) is 39.1 Å². The first-order chi connectivity index (χ1) is 26.2. The van der Waals surface area contributed by atoms with Crippen LogP contribution in [-0.4, -0.2) is 76.7 Å². The highest BCUT2D eigenvalue weighted by molar-refractivity contribution is 6.23. The number of fused-ring (bicyclic) bond motifs is 2. The number of anilines is 1. The second-order valence-corrected chi connectivity index (χ2v) is 16.9. The third-order valence-corrected chi connectivity index (χ3v) is 12.6. The zero-order valence-corrected chi connectivity index (χ0v) is 31.9. The van der Waals surface area contributed by atoms with Crippen molar-refractivity contribution in [3.63, 3.8) is 0 Å². The SMILES string of the molecule is [C-]#[N+]c1ccc(OC2C(C)(C)C(NC(=O)c3ccc(N4CCC(N5Cc6cc7c(cc6C5)C(=O)N(C5CCC(=O)NC5=O)C7=O)CC4)cc3)C2(C)C)cc1C. The van der Waals surface area contributed by atoms with Crippen LogP contribution in [0.2, 0.25) is 0 Å². The number of piperidine rings is 2. The average Bonchev–Trinajstić information content (AvgIpc) is 3.69. The molecular formula is C43H46N6O6. The number of imide groups is 2. The summed E-state index contributed by atoms with van der Waals surface area (Å²) in [4.78, 5) is 73.6. The molecule has 3 aromatic rings. The Hall–Kier alpha value is -5.54.